The highest BCUT2D eigenvalue weighted by Crippen LogP contribution is 2.27. The fourth-order valence-corrected chi connectivity index (χ4v) is 2.08. The molecule has 17 heavy (non-hydrogen) atoms. The molecule has 0 aliphatic carbocycles. The Hall–Kier alpha value is -1.95. The van der Waals surface area contributed by atoms with E-state index in [-0.39, 0.29) is 0 Å². The Balaban J connectivity index is 2.28. The molecule has 0 aliphatic rings. The van der Waals surface area contributed by atoms with E-state index in [1.54, 1.807) is 24.5 Å². The molecule has 6 heteroatoms. The van der Waals surface area contributed by atoms with Crippen molar-refractivity contribution in [2.45, 2.75) is 10.1 Å². The monoisotopic (exact) mass is 249 g/mol. The van der Waals surface area contributed by atoms with Gasteiger partial charge in [0, 0.05) is 23.0 Å². The molecule has 0 saturated heterocycles. The Labute approximate surface area is 102 Å². The molecule has 0 spiro atoms. The van der Waals surface area contributed by atoms with Crippen LogP contribution in [0.2, 0.25) is 0 Å². The van der Waals surface area contributed by atoms with Crippen LogP contribution >= 0.6 is 11.8 Å². The lowest BCUT2D eigenvalue weighted by Gasteiger charge is -2.05. The third-order valence-corrected chi connectivity index (χ3v) is 3.02. The van der Waals surface area contributed by atoms with Gasteiger partial charge in [0.25, 0.3) is 0 Å². The molecule has 0 aliphatic heterocycles. The predicted octanol–water partition coefficient (Wildman–Crippen LogP) is 1.93. The fourth-order valence-electron chi connectivity index (χ4n) is 1.30. The number of esters is 1. The van der Waals surface area contributed by atoms with Crippen LogP contribution in [0.5, 0.6) is 0 Å². The van der Waals surface area contributed by atoms with Crippen molar-refractivity contribution in [3.8, 4) is 0 Å². The molecule has 1 aromatic heterocycles. The van der Waals surface area contributed by atoms with Crippen molar-refractivity contribution < 1.29 is 9.53 Å². The highest BCUT2D eigenvalue weighted by atomic mass is 32.2. The van der Waals surface area contributed by atoms with Crippen LogP contribution in [0, 0.1) is 0 Å². The lowest BCUT2D eigenvalue weighted by atomic mass is 10.2. The number of nitrogens with two attached hydrogens (primary N) is 1. The van der Waals surface area contributed by atoms with Gasteiger partial charge >= 0.3 is 5.97 Å². The van der Waals surface area contributed by atoms with Gasteiger partial charge in [0.15, 0.2) is 5.16 Å². The van der Waals surface area contributed by atoms with Crippen LogP contribution in [0.1, 0.15) is 10.4 Å². The van der Waals surface area contributed by atoms with E-state index in [4.69, 9.17) is 5.73 Å². The third-order valence-electron chi connectivity index (χ3n) is 2.12. The number of methoxy groups -OCH3 is 1. The van der Waals surface area contributed by atoms with Crippen LogP contribution in [0.15, 0.2) is 40.6 Å². The van der Waals surface area contributed by atoms with Crippen molar-refractivity contribution in [1.29, 1.82) is 0 Å². The van der Waals surface area contributed by atoms with Crippen molar-refractivity contribution in [1.82, 2.24) is 9.97 Å². The summed E-state index contributed by atoms with van der Waals surface area (Å²) in [6.07, 6.45) is 3.40. The van der Waals surface area contributed by atoms with E-state index < -0.39 is 5.97 Å². The first kappa shape index (κ1) is 11.5. The SMILES string of the molecule is COC(=O)c1cc(Sc2ncc[nH]2)ccc1N. The average molecular weight is 249 g/mol. The number of hydrogen-bond acceptors (Lipinski definition) is 5. The van der Waals surface area contributed by atoms with Gasteiger partial charge in [0.2, 0.25) is 0 Å². The molecule has 0 fully saturated rings. The first-order valence-corrected chi connectivity index (χ1v) is 5.67. The molecule has 0 amide bonds. The molecule has 1 aromatic carbocycles. The number of H-pyrrole nitrogens is 1. The summed E-state index contributed by atoms with van der Waals surface area (Å²) in [7, 11) is 1.33. The first-order chi connectivity index (χ1) is 8.20. The number of imidazole rings is 1. The molecule has 3 N–H and O–H groups in total. The van der Waals surface area contributed by atoms with Crippen LogP contribution in [0.3, 0.4) is 0 Å². The second-order valence-corrected chi connectivity index (χ2v) is 4.30. The van der Waals surface area contributed by atoms with E-state index in [2.05, 4.69) is 14.7 Å². The third kappa shape index (κ3) is 2.59. The largest absolute Gasteiger partial charge is 0.465 e. The Kier molecular flexibility index (Phi) is 3.34. The van der Waals surface area contributed by atoms with E-state index in [0.717, 1.165) is 10.1 Å². The van der Waals surface area contributed by atoms with E-state index in [1.165, 1.54) is 18.9 Å². The van der Waals surface area contributed by atoms with Crippen molar-refractivity contribution in [3.63, 3.8) is 0 Å². The topological polar surface area (TPSA) is 81.0 Å². The number of anilines is 1. The van der Waals surface area contributed by atoms with E-state index in [1.807, 2.05) is 6.07 Å². The zero-order valence-electron chi connectivity index (χ0n) is 9.14. The van der Waals surface area contributed by atoms with Crippen LogP contribution in [-0.4, -0.2) is 23.0 Å². The van der Waals surface area contributed by atoms with Crippen LogP contribution in [-0.2, 0) is 4.74 Å². The molecule has 2 rings (SSSR count). The fraction of sp³-hybridized carbons (Fsp3) is 0.0909. The number of hydrogen-bond donors (Lipinski definition) is 2. The molecular weight excluding hydrogens is 238 g/mol. The Bertz CT molecular complexity index is 526. The summed E-state index contributed by atoms with van der Waals surface area (Å²) in [5, 5.41) is 0.755. The molecule has 5 nitrogen and oxygen atoms in total. The number of aromatic nitrogens is 2. The van der Waals surface area contributed by atoms with Crippen molar-refractivity contribution in [3.05, 3.63) is 36.2 Å². The number of nitrogens with zero attached hydrogens (tertiary/aromatic N) is 1. The lowest BCUT2D eigenvalue weighted by molar-refractivity contribution is 0.0601. The number of carbonyl (C=O) groups is 1. The number of nitrogen functional groups attached to an aromatic ring is 1. The molecule has 0 unspecified atom stereocenters. The minimum atomic E-state index is -0.440. The molecule has 0 bridgehead atoms. The summed E-state index contributed by atoms with van der Waals surface area (Å²) >= 11 is 1.42. The standard InChI is InChI=1S/C11H11N3O2S/c1-16-10(15)8-6-7(2-3-9(8)12)17-11-13-4-5-14-11/h2-6H,12H2,1H3,(H,13,14). The zero-order valence-corrected chi connectivity index (χ0v) is 9.95. The van der Waals surface area contributed by atoms with Crippen molar-refractivity contribution >= 4 is 23.4 Å². The predicted molar refractivity (Wildman–Crippen MR) is 64.9 cm³/mol. The first-order valence-electron chi connectivity index (χ1n) is 4.86. The minimum Gasteiger partial charge on any atom is -0.465 e. The number of carbonyl (C=O) groups excluding carboxylic acids is 1. The Morgan fingerprint density at radius 1 is 1.53 bits per heavy atom. The highest BCUT2D eigenvalue weighted by Gasteiger charge is 2.11. The van der Waals surface area contributed by atoms with Gasteiger partial charge in [-0.05, 0) is 18.2 Å². The second-order valence-electron chi connectivity index (χ2n) is 3.24. The van der Waals surface area contributed by atoms with E-state index in [9.17, 15) is 4.79 Å². The number of benzene rings is 1. The van der Waals surface area contributed by atoms with Gasteiger partial charge in [-0.3, -0.25) is 0 Å². The van der Waals surface area contributed by atoms with Gasteiger partial charge in [-0.15, -0.1) is 0 Å². The summed E-state index contributed by atoms with van der Waals surface area (Å²) < 4.78 is 4.66. The molecule has 2 aromatic rings. The normalized spacial score (nSPS) is 10.2. The molecule has 88 valence electrons. The summed E-state index contributed by atoms with van der Waals surface area (Å²) in [5.74, 6) is -0.440. The van der Waals surface area contributed by atoms with Crippen LogP contribution < -0.4 is 5.73 Å². The van der Waals surface area contributed by atoms with Crippen molar-refractivity contribution in [2.24, 2.45) is 0 Å². The van der Waals surface area contributed by atoms with Gasteiger partial charge in [-0.25, -0.2) is 9.78 Å². The van der Waals surface area contributed by atoms with E-state index in [0.29, 0.717) is 11.3 Å². The number of aromatic amines is 1. The molecule has 0 saturated carbocycles. The number of nitrogens with one attached hydrogen (secondary N) is 1. The molecule has 0 atom stereocenters. The smallest absolute Gasteiger partial charge is 0.339 e. The maximum Gasteiger partial charge on any atom is 0.339 e. The summed E-state index contributed by atoms with van der Waals surface area (Å²) in [6.45, 7) is 0. The second kappa shape index (κ2) is 4.92. The van der Waals surface area contributed by atoms with Gasteiger partial charge in [-0.1, -0.05) is 11.8 Å². The minimum absolute atomic E-state index is 0.365. The Morgan fingerprint density at radius 3 is 3.00 bits per heavy atom. The van der Waals surface area contributed by atoms with Gasteiger partial charge in [-0.2, -0.15) is 0 Å². The summed E-state index contributed by atoms with van der Waals surface area (Å²) in [4.78, 5) is 19.4. The number of rotatable bonds is 3. The quantitative estimate of drug-likeness (QED) is 0.641. The number of ether oxygens (including phenoxy) is 1. The summed E-state index contributed by atoms with van der Waals surface area (Å²) in [6, 6.07) is 5.20. The molecule has 0 radical (unpaired) electrons. The average Bonchev–Trinajstić information content (AvgIpc) is 2.83. The highest BCUT2D eigenvalue weighted by molar-refractivity contribution is 7.99. The van der Waals surface area contributed by atoms with Gasteiger partial charge < -0.3 is 15.5 Å². The van der Waals surface area contributed by atoms with Crippen LogP contribution in [0.25, 0.3) is 0 Å². The maximum atomic E-state index is 11.5. The molecular formula is C11H11N3O2S. The summed E-state index contributed by atoms with van der Waals surface area (Å²) in [5.41, 5.74) is 6.47. The Morgan fingerprint density at radius 2 is 2.35 bits per heavy atom. The molecule has 1 heterocycles. The van der Waals surface area contributed by atoms with Gasteiger partial charge in [0.05, 0.1) is 12.7 Å². The van der Waals surface area contributed by atoms with Gasteiger partial charge in [0.1, 0.15) is 0 Å². The lowest BCUT2D eigenvalue weighted by Crippen LogP contribution is -2.05. The zero-order chi connectivity index (χ0) is 12.3. The van der Waals surface area contributed by atoms with Crippen molar-refractivity contribution in [2.75, 3.05) is 12.8 Å². The van der Waals surface area contributed by atoms with Crippen LogP contribution in [0.4, 0.5) is 5.69 Å². The van der Waals surface area contributed by atoms with E-state index >= 15 is 0 Å². The maximum absolute atomic E-state index is 11.5.